The monoisotopic (exact) mass is 284 g/mol. The lowest BCUT2D eigenvalue weighted by Gasteiger charge is -2.39. The minimum atomic E-state index is -0.324. The number of nitrogens with zero attached hydrogens (tertiary/aromatic N) is 1. The fourth-order valence-corrected chi connectivity index (χ4v) is 4.04. The summed E-state index contributed by atoms with van der Waals surface area (Å²) in [6, 6.07) is -0.646. The lowest BCUT2D eigenvalue weighted by atomic mass is 9.98. The highest BCUT2D eigenvalue weighted by molar-refractivity contribution is 8.00. The second kappa shape index (κ2) is 6.16. The van der Waals surface area contributed by atoms with E-state index in [0.29, 0.717) is 11.2 Å². The van der Waals surface area contributed by atoms with Crippen LogP contribution in [0.4, 0.5) is 0 Å². The van der Waals surface area contributed by atoms with Crippen molar-refractivity contribution in [1.29, 1.82) is 0 Å². The van der Waals surface area contributed by atoms with Gasteiger partial charge in [-0.05, 0) is 37.9 Å². The fraction of sp³-hybridized carbons (Fsp3) is 0.857. The normalized spacial score (nSPS) is 32.0. The van der Waals surface area contributed by atoms with Crippen LogP contribution in [0.1, 0.15) is 40.0 Å². The summed E-state index contributed by atoms with van der Waals surface area (Å²) >= 11 is 1.93. The number of piperazine rings is 1. The molecule has 3 unspecified atom stereocenters. The van der Waals surface area contributed by atoms with Gasteiger partial charge in [0.15, 0.2) is 0 Å². The molecule has 108 valence electrons. The number of thioether (sulfide) groups is 1. The second-order valence-electron chi connectivity index (χ2n) is 5.99. The maximum atomic E-state index is 12.5. The van der Waals surface area contributed by atoms with Crippen LogP contribution >= 0.6 is 11.8 Å². The zero-order chi connectivity index (χ0) is 14.0. The van der Waals surface area contributed by atoms with Gasteiger partial charge >= 0.3 is 0 Å². The largest absolute Gasteiger partial charge is 0.343 e. The molecule has 0 aromatic carbocycles. The Bertz CT molecular complexity index is 353. The van der Waals surface area contributed by atoms with Crippen molar-refractivity contribution in [3.8, 4) is 0 Å². The molecular formula is C14H24N2O2S. The molecule has 2 amide bonds. The van der Waals surface area contributed by atoms with E-state index < -0.39 is 0 Å². The first-order chi connectivity index (χ1) is 8.99. The van der Waals surface area contributed by atoms with E-state index in [1.807, 2.05) is 18.7 Å². The number of amides is 2. The van der Waals surface area contributed by atoms with E-state index in [0.717, 1.165) is 19.4 Å². The SMILES string of the molecule is CC(C)CC1NC(=O)C(C)N(CC2CCCS2)C1=O. The Balaban J connectivity index is 2.04. The van der Waals surface area contributed by atoms with Crippen LogP contribution in [0.5, 0.6) is 0 Å². The van der Waals surface area contributed by atoms with Crippen molar-refractivity contribution in [2.45, 2.75) is 57.4 Å². The molecule has 0 aromatic heterocycles. The fourth-order valence-electron chi connectivity index (χ4n) is 2.77. The Morgan fingerprint density at radius 3 is 2.74 bits per heavy atom. The van der Waals surface area contributed by atoms with Crippen molar-refractivity contribution in [2.75, 3.05) is 12.3 Å². The summed E-state index contributed by atoms with van der Waals surface area (Å²) in [4.78, 5) is 26.3. The van der Waals surface area contributed by atoms with Crippen molar-refractivity contribution in [3.63, 3.8) is 0 Å². The van der Waals surface area contributed by atoms with Crippen molar-refractivity contribution in [1.82, 2.24) is 10.2 Å². The molecule has 0 bridgehead atoms. The summed E-state index contributed by atoms with van der Waals surface area (Å²) < 4.78 is 0. The van der Waals surface area contributed by atoms with Gasteiger partial charge in [0.2, 0.25) is 11.8 Å². The van der Waals surface area contributed by atoms with Gasteiger partial charge in [-0.3, -0.25) is 9.59 Å². The predicted octanol–water partition coefficient (Wildman–Crippen LogP) is 1.64. The molecule has 2 saturated heterocycles. The Labute approximate surface area is 119 Å². The molecule has 2 heterocycles. The number of rotatable bonds is 4. The van der Waals surface area contributed by atoms with E-state index >= 15 is 0 Å². The number of carbonyl (C=O) groups excluding carboxylic acids is 2. The van der Waals surface area contributed by atoms with Crippen LogP contribution in [0, 0.1) is 5.92 Å². The molecule has 2 aliphatic heterocycles. The van der Waals surface area contributed by atoms with Gasteiger partial charge in [-0.15, -0.1) is 0 Å². The van der Waals surface area contributed by atoms with Gasteiger partial charge < -0.3 is 10.2 Å². The third-order valence-electron chi connectivity index (χ3n) is 3.88. The topological polar surface area (TPSA) is 49.4 Å². The molecule has 19 heavy (non-hydrogen) atoms. The minimum Gasteiger partial charge on any atom is -0.343 e. The van der Waals surface area contributed by atoms with E-state index in [-0.39, 0.29) is 23.9 Å². The molecular weight excluding hydrogens is 260 g/mol. The molecule has 4 nitrogen and oxygen atoms in total. The highest BCUT2D eigenvalue weighted by Crippen LogP contribution is 2.28. The first-order valence-electron chi connectivity index (χ1n) is 7.21. The minimum absolute atomic E-state index is 0.00625. The van der Waals surface area contributed by atoms with E-state index in [1.165, 1.54) is 12.2 Å². The molecule has 0 radical (unpaired) electrons. The van der Waals surface area contributed by atoms with Crippen LogP contribution in [0.3, 0.4) is 0 Å². The van der Waals surface area contributed by atoms with Crippen molar-refractivity contribution < 1.29 is 9.59 Å². The van der Waals surface area contributed by atoms with Crippen molar-refractivity contribution >= 4 is 23.6 Å². The van der Waals surface area contributed by atoms with Gasteiger partial charge in [0.1, 0.15) is 12.1 Å². The Kier molecular flexibility index (Phi) is 4.76. The average molecular weight is 284 g/mol. The van der Waals surface area contributed by atoms with Crippen LogP contribution in [-0.4, -0.2) is 46.3 Å². The van der Waals surface area contributed by atoms with Crippen LogP contribution in [-0.2, 0) is 9.59 Å². The summed E-state index contributed by atoms with van der Waals surface area (Å²) in [6.07, 6.45) is 3.12. The van der Waals surface area contributed by atoms with Crippen molar-refractivity contribution in [2.24, 2.45) is 5.92 Å². The zero-order valence-corrected chi connectivity index (χ0v) is 12.8. The molecule has 1 N–H and O–H groups in total. The number of carbonyl (C=O) groups is 2. The molecule has 2 aliphatic rings. The molecule has 5 heteroatoms. The van der Waals surface area contributed by atoms with Gasteiger partial charge in [0.25, 0.3) is 0 Å². The molecule has 2 rings (SSSR count). The maximum absolute atomic E-state index is 12.5. The third-order valence-corrected chi connectivity index (χ3v) is 5.26. The summed E-state index contributed by atoms with van der Waals surface area (Å²) in [5, 5.41) is 3.38. The van der Waals surface area contributed by atoms with Gasteiger partial charge in [0, 0.05) is 11.8 Å². The first kappa shape index (κ1) is 14.7. The van der Waals surface area contributed by atoms with Gasteiger partial charge in [-0.25, -0.2) is 0 Å². The summed E-state index contributed by atoms with van der Waals surface area (Å²) in [6.45, 7) is 6.72. The van der Waals surface area contributed by atoms with Crippen LogP contribution in [0.15, 0.2) is 0 Å². The molecule has 0 spiro atoms. The van der Waals surface area contributed by atoms with Crippen molar-refractivity contribution in [3.05, 3.63) is 0 Å². The standard InChI is InChI=1S/C14H24N2O2S/c1-9(2)7-12-14(18)16(10(3)13(17)15-12)8-11-5-4-6-19-11/h9-12H,4-8H2,1-3H3,(H,15,17). The summed E-state index contributed by atoms with van der Waals surface area (Å²) in [5.74, 6) is 1.69. The molecule has 0 aromatic rings. The van der Waals surface area contributed by atoms with E-state index in [9.17, 15) is 9.59 Å². The number of nitrogens with one attached hydrogen (secondary N) is 1. The lowest BCUT2D eigenvalue weighted by molar-refractivity contribution is -0.149. The van der Waals surface area contributed by atoms with E-state index in [1.54, 1.807) is 4.90 Å². The van der Waals surface area contributed by atoms with Gasteiger partial charge in [-0.2, -0.15) is 11.8 Å². The van der Waals surface area contributed by atoms with Crippen LogP contribution in [0.25, 0.3) is 0 Å². The average Bonchev–Trinajstić information content (AvgIpc) is 2.84. The lowest BCUT2D eigenvalue weighted by Crippen LogP contribution is -2.63. The number of hydrogen-bond donors (Lipinski definition) is 1. The Morgan fingerprint density at radius 2 is 2.16 bits per heavy atom. The first-order valence-corrected chi connectivity index (χ1v) is 8.26. The molecule has 0 aliphatic carbocycles. The smallest absolute Gasteiger partial charge is 0.245 e. The second-order valence-corrected chi connectivity index (χ2v) is 7.40. The summed E-state index contributed by atoms with van der Waals surface area (Å²) in [7, 11) is 0. The molecule has 3 atom stereocenters. The van der Waals surface area contributed by atoms with Gasteiger partial charge in [-0.1, -0.05) is 13.8 Å². The van der Waals surface area contributed by atoms with Gasteiger partial charge in [0.05, 0.1) is 0 Å². The molecule has 0 saturated carbocycles. The maximum Gasteiger partial charge on any atom is 0.245 e. The summed E-state index contributed by atoms with van der Waals surface area (Å²) in [5.41, 5.74) is 0. The highest BCUT2D eigenvalue weighted by atomic mass is 32.2. The quantitative estimate of drug-likeness (QED) is 0.854. The zero-order valence-electron chi connectivity index (χ0n) is 12.0. The Morgan fingerprint density at radius 1 is 1.42 bits per heavy atom. The third kappa shape index (κ3) is 3.44. The van der Waals surface area contributed by atoms with Crippen LogP contribution < -0.4 is 5.32 Å². The van der Waals surface area contributed by atoms with E-state index in [2.05, 4.69) is 19.2 Å². The number of hydrogen-bond acceptors (Lipinski definition) is 3. The Hall–Kier alpha value is -0.710. The van der Waals surface area contributed by atoms with E-state index in [4.69, 9.17) is 0 Å². The molecule has 2 fully saturated rings. The highest BCUT2D eigenvalue weighted by Gasteiger charge is 2.39. The predicted molar refractivity (Wildman–Crippen MR) is 78.0 cm³/mol. The van der Waals surface area contributed by atoms with Crippen LogP contribution in [0.2, 0.25) is 0 Å².